The molecule has 0 radical (unpaired) electrons. The van der Waals surface area contributed by atoms with E-state index in [1.54, 1.807) is 18.3 Å². The zero-order valence-electron chi connectivity index (χ0n) is 23.9. The van der Waals surface area contributed by atoms with Crippen LogP contribution in [-0.2, 0) is 0 Å². The fraction of sp³-hybridized carbons (Fsp3) is 0.424. The van der Waals surface area contributed by atoms with Gasteiger partial charge in [-0.25, -0.2) is 4.39 Å². The number of nitrogens with zero attached hydrogens (tertiary/aromatic N) is 5. The fourth-order valence-electron chi connectivity index (χ4n) is 7.82. The molecule has 2 unspecified atom stereocenters. The molecule has 0 amide bonds. The van der Waals surface area contributed by atoms with Gasteiger partial charge < -0.3 is 20.1 Å². The SMILES string of the molecule is C=C(C)c1cccc2cc(O)cc(-c3ncc4c(N5CC6CC(C5)N6)nc(OCC56CCCN5CCC6)nc4c3F)c12. The van der Waals surface area contributed by atoms with Crippen molar-refractivity contribution in [3.05, 3.63) is 54.5 Å². The van der Waals surface area contributed by atoms with Gasteiger partial charge in [0.05, 0.1) is 10.9 Å². The van der Waals surface area contributed by atoms with Crippen LogP contribution < -0.4 is 15.0 Å². The van der Waals surface area contributed by atoms with Gasteiger partial charge in [0.2, 0.25) is 0 Å². The molecule has 5 fully saturated rings. The molecular weight excluding hydrogens is 531 g/mol. The van der Waals surface area contributed by atoms with E-state index in [1.807, 2.05) is 25.1 Å². The number of hydrogen-bond acceptors (Lipinski definition) is 8. The van der Waals surface area contributed by atoms with Crippen LogP contribution in [-0.4, -0.2) is 75.4 Å². The minimum atomic E-state index is -0.550. The van der Waals surface area contributed by atoms with E-state index in [4.69, 9.17) is 9.72 Å². The molecule has 9 heteroatoms. The van der Waals surface area contributed by atoms with Crippen LogP contribution in [0.3, 0.4) is 0 Å². The van der Waals surface area contributed by atoms with E-state index in [0.29, 0.717) is 35.5 Å². The van der Waals surface area contributed by atoms with Gasteiger partial charge in [0.1, 0.15) is 29.4 Å². The van der Waals surface area contributed by atoms with Gasteiger partial charge in [0.15, 0.2) is 5.82 Å². The molecule has 9 rings (SSSR count). The molecule has 0 aliphatic carbocycles. The fourth-order valence-corrected chi connectivity index (χ4v) is 7.82. The molecule has 216 valence electrons. The van der Waals surface area contributed by atoms with Crippen LogP contribution in [0.15, 0.2) is 43.1 Å². The van der Waals surface area contributed by atoms with Crippen LogP contribution in [0.25, 0.3) is 38.5 Å². The van der Waals surface area contributed by atoms with Gasteiger partial charge in [-0.2, -0.15) is 9.97 Å². The molecule has 2 aromatic heterocycles. The molecule has 5 saturated heterocycles. The first-order chi connectivity index (χ1) is 20.4. The summed E-state index contributed by atoms with van der Waals surface area (Å²) in [6, 6.07) is 10.0. The third-order valence-corrected chi connectivity index (χ3v) is 9.82. The number of piperidine rings is 1. The summed E-state index contributed by atoms with van der Waals surface area (Å²) in [5.41, 5.74) is 2.57. The number of phenolic OH excluding ortho intramolecular Hbond substituents is 1. The zero-order valence-corrected chi connectivity index (χ0v) is 23.9. The molecule has 2 N–H and O–H groups in total. The molecule has 5 aliphatic heterocycles. The van der Waals surface area contributed by atoms with Crippen LogP contribution in [0.4, 0.5) is 10.2 Å². The van der Waals surface area contributed by atoms with Crippen LogP contribution in [0.5, 0.6) is 11.8 Å². The number of ether oxygens (including phenoxy) is 1. The van der Waals surface area contributed by atoms with Crippen molar-refractivity contribution in [2.45, 2.75) is 56.7 Å². The predicted octanol–water partition coefficient (Wildman–Crippen LogP) is 5.28. The average molecular weight is 567 g/mol. The van der Waals surface area contributed by atoms with E-state index in [0.717, 1.165) is 67.4 Å². The zero-order chi connectivity index (χ0) is 28.6. The van der Waals surface area contributed by atoms with Crippen LogP contribution in [0.2, 0.25) is 0 Å². The standard InChI is InChI=1S/C33H35FN6O2/c1-19(2)24-7-3-6-20-12-23(41)14-25(27(20)24)29-28(34)30-26(15-35-29)31(39-16-21-13-22(17-39)36-21)38-32(37-30)42-18-33-8-4-10-40(33)11-5-9-33/h3,6-7,12,14-15,21-22,36,41H,1,4-5,8-11,13,16-18H2,2H3. The quantitative estimate of drug-likeness (QED) is 0.326. The molecule has 2 bridgehead atoms. The van der Waals surface area contributed by atoms with Gasteiger partial charge in [0.25, 0.3) is 0 Å². The second kappa shape index (κ2) is 9.61. The Morgan fingerprint density at radius 1 is 1.17 bits per heavy atom. The number of halogens is 1. The lowest BCUT2D eigenvalue weighted by Gasteiger charge is -2.48. The van der Waals surface area contributed by atoms with Crippen molar-refractivity contribution in [3.63, 3.8) is 0 Å². The summed E-state index contributed by atoms with van der Waals surface area (Å²) in [4.78, 5) is 19.0. The summed E-state index contributed by atoms with van der Waals surface area (Å²) >= 11 is 0. The summed E-state index contributed by atoms with van der Waals surface area (Å²) in [7, 11) is 0. The first kappa shape index (κ1) is 25.9. The van der Waals surface area contributed by atoms with Crippen molar-refractivity contribution < 1.29 is 14.2 Å². The Hall–Kier alpha value is -3.82. The number of pyridine rings is 1. The lowest BCUT2D eigenvalue weighted by atomic mass is 9.91. The normalized spacial score (nSPS) is 22.9. The molecule has 42 heavy (non-hydrogen) atoms. The van der Waals surface area contributed by atoms with Crippen LogP contribution >= 0.6 is 0 Å². The Kier molecular flexibility index (Phi) is 5.91. The molecule has 0 spiro atoms. The van der Waals surface area contributed by atoms with Crippen molar-refractivity contribution in [3.8, 4) is 23.0 Å². The molecule has 7 heterocycles. The Morgan fingerprint density at radius 2 is 1.93 bits per heavy atom. The van der Waals surface area contributed by atoms with E-state index in [1.165, 1.54) is 12.8 Å². The summed E-state index contributed by atoms with van der Waals surface area (Å²) in [6.07, 6.45) is 7.37. The molecule has 5 aliphatic rings. The molecule has 4 aromatic rings. The Morgan fingerprint density at radius 3 is 2.67 bits per heavy atom. The first-order valence-corrected chi connectivity index (χ1v) is 15.1. The number of allylic oxidation sites excluding steroid dienone is 1. The van der Waals surface area contributed by atoms with Gasteiger partial charge in [-0.3, -0.25) is 9.88 Å². The van der Waals surface area contributed by atoms with Crippen LogP contribution in [0.1, 0.15) is 44.6 Å². The number of benzene rings is 2. The molecule has 0 saturated carbocycles. The number of aromatic nitrogens is 3. The number of hydrogen-bond donors (Lipinski definition) is 2. The van der Waals surface area contributed by atoms with E-state index < -0.39 is 5.82 Å². The number of aromatic hydroxyl groups is 1. The first-order valence-electron chi connectivity index (χ1n) is 15.1. The van der Waals surface area contributed by atoms with Crippen molar-refractivity contribution >= 4 is 33.1 Å². The predicted molar refractivity (Wildman–Crippen MR) is 162 cm³/mol. The van der Waals surface area contributed by atoms with Gasteiger partial charge in [-0.1, -0.05) is 30.4 Å². The van der Waals surface area contributed by atoms with Gasteiger partial charge in [-0.05, 0) is 80.6 Å². The second-order valence-electron chi connectivity index (χ2n) is 12.6. The number of anilines is 1. The summed E-state index contributed by atoms with van der Waals surface area (Å²) in [6.45, 7) is 10.4. The summed E-state index contributed by atoms with van der Waals surface area (Å²) in [5, 5.41) is 16.3. The highest BCUT2D eigenvalue weighted by Gasteiger charge is 2.45. The molecular formula is C33H35FN6O2. The lowest BCUT2D eigenvalue weighted by Crippen LogP contribution is -2.67. The van der Waals surface area contributed by atoms with Crippen LogP contribution in [0, 0.1) is 5.82 Å². The van der Waals surface area contributed by atoms with Crippen molar-refractivity contribution in [2.24, 2.45) is 0 Å². The maximum Gasteiger partial charge on any atom is 0.319 e. The van der Waals surface area contributed by atoms with E-state index in [-0.39, 0.29) is 28.5 Å². The maximum atomic E-state index is 16.8. The minimum absolute atomic E-state index is 0.0243. The average Bonchev–Trinajstić information content (AvgIpc) is 3.56. The molecule has 2 aromatic carbocycles. The second-order valence-corrected chi connectivity index (χ2v) is 12.6. The maximum absolute atomic E-state index is 16.8. The smallest absolute Gasteiger partial charge is 0.319 e. The highest BCUT2D eigenvalue weighted by molar-refractivity contribution is 6.05. The molecule has 8 nitrogen and oxygen atoms in total. The van der Waals surface area contributed by atoms with Gasteiger partial charge >= 0.3 is 6.01 Å². The van der Waals surface area contributed by atoms with E-state index >= 15 is 4.39 Å². The third-order valence-electron chi connectivity index (χ3n) is 9.82. The highest BCUT2D eigenvalue weighted by Crippen LogP contribution is 2.41. The lowest BCUT2D eigenvalue weighted by molar-refractivity contribution is 0.107. The number of phenols is 1. The van der Waals surface area contributed by atoms with E-state index in [9.17, 15) is 5.11 Å². The van der Waals surface area contributed by atoms with E-state index in [2.05, 4.69) is 31.7 Å². The monoisotopic (exact) mass is 566 g/mol. The number of nitrogens with one attached hydrogen (secondary N) is 1. The summed E-state index contributed by atoms with van der Waals surface area (Å²) in [5.74, 6) is 0.160. The van der Waals surface area contributed by atoms with Crippen molar-refractivity contribution in [1.29, 1.82) is 0 Å². The number of piperazine rings is 1. The number of fused-ring (bicyclic) bond motifs is 5. The largest absolute Gasteiger partial charge is 0.508 e. The third kappa shape index (κ3) is 4.05. The number of rotatable bonds is 6. The van der Waals surface area contributed by atoms with Crippen molar-refractivity contribution in [2.75, 3.05) is 37.7 Å². The topological polar surface area (TPSA) is 86.6 Å². The highest BCUT2D eigenvalue weighted by atomic mass is 19.1. The minimum Gasteiger partial charge on any atom is -0.508 e. The Bertz CT molecular complexity index is 1730. The summed E-state index contributed by atoms with van der Waals surface area (Å²) < 4.78 is 23.1. The van der Waals surface area contributed by atoms with Gasteiger partial charge in [-0.15, -0.1) is 0 Å². The Labute approximate surface area is 244 Å². The Balaban J connectivity index is 1.28. The van der Waals surface area contributed by atoms with Gasteiger partial charge in [0, 0.05) is 36.9 Å². The molecule has 2 atom stereocenters. The van der Waals surface area contributed by atoms with Crippen molar-refractivity contribution in [1.82, 2.24) is 25.2 Å².